The summed E-state index contributed by atoms with van der Waals surface area (Å²) in [6, 6.07) is 16.1. The summed E-state index contributed by atoms with van der Waals surface area (Å²) in [7, 11) is 0. The number of aromatic nitrogens is 6. The van der Waals surface area contributed by atoms with Gasteiger partial charge in [0.2, 0.25) is 5.91 Å². The minimum absolute atomic E-state index is 0.0510. The van der Waals surface area contributed by atoms with Gasteiger partial charge in [-0.15, -0.1) is 0 Å². The van der Waals surface area contributed by atoms with E-state index in [0.29, 0.717) is 33.8 Å². The number of H-pyrrole nitrogens is 2. The van der Waals surface area contributed by atoms with Gasteiger partial charge in [0, 0.05) is 40.3 Å². The second-order valence-electron chi connectivity index (χ2n) is 9.88. The zero-order valence-corrected chi connectivity index (χ0v) is 20.9. The minimum Gasteiger partial charge on any atom is -0.353 e. The van der Waals surface area contributed by atoms with Crippen LogP contribution >= 0.6 is 0 Å². The molecule has 1 amide bonds. The third-order valence-corrected chi connectivity index (χ3v) is 7.37. The van der Waals surface area contributed by atoms with E-state index in [1.807, 2.05) is 30.3 Å². The van der Waals surface area contributed by atoms with Crippen molar-refractivity contribution in [3.63, 3.8) is 0 Å². The van der Waals surface area contributed by atoms with Crippen LogP contribution in [0, 0.1) is 11.7 Å². The van der Waals surface area contributed by atoms with E-state index in [4.69, 9.17) is 4.98 Å². The molecule has 0 radical (unpaired) electrons. The van der Waals surface area contributed by atoms with E-state index < -0.39 is 0 Å². The Bertz CT molecular complexity index is 1850. The molecule has 5 aromatic heterocycles. The standard InChI is InChI=1S/C30H24FN7O/c31-22-8-4-3-7-20(22)27-21-14-26(35-24(21)11-12-33-27)29-28-25(37-38-29)10-9-23(36-28)18-13-19(16-32-15-18)34-30(39)17-5-1-2-6-17/h3-4,7-17,35H,1-2,5-6H2,(H,34,39)(H,37,38). The second-order valence-corrected chi connectivity index (χ2v) is 9.88. The van der Waals surface area contributed by atoms with Gasteiger partial charge < -0.3 is 10.3 Å². The molecule has 0 saturated heterocycles. The maximum atomic E-state index is 14.6. The molecule has 3 N–H and O–H groups in total. The van der Waals surface area contributed by atoms with Crippen LogP contribution in [0.3, 0.4) is 0 Å². The molecule has 1 saturated carbocycles. The quantitative estimate of drug-likeness (QED) is 0.242. The van der Waals surface area contributed by atoms with Crippen LogP contribution in [0.2, 0.25) is 0 Å². The van der Waals surface area contributed by atoms with E-state index in [1.54, 1.807) is 36.8 Å². The smallest absolute Gasteiger partial charge is 0.227 e. The Balaban J connectivity index is 1.25. The molecule has 0 bridgehead atoms. The largest absolute Gasteiger partial charge is 0.353 e. The fourth-order valence-electron chi connectivity index (χ4n) is 5.38. The molecular formula is C30H24FN7O. The zero-order valence-electron chi connectivity index (χ0n) is 20.9. The van der Waals surface area contributed by atoms with Crippen LogP contribution in [0.5, 0.6) is 0 Å². The van der Waals surface area contributed by atoms with Crippen molar-refractivity contribution in [2.45, 2.75) is 25.7 Å². The third kappa shape index (κ3) is 4.21. The molecule has 39 heavy (non-hydrogen) atoms. The number of carbonyl (C=O) groups excluding carboxylic acids is 1. The number of pyridine rings is 3. The van der Waals surface area contributed by atoms with Crippen LogP contribution < -0.4 is 5.32 Å². The lowest BCUT2D eigenvalue weighted by Gasteiger charge is -2.11. The van der Waals surface area contributed by atoms with Crippen molar-refractivity contribution in [1.29, 1.82) is 0 Å². The molecule has 0 atom stereocenters. The Morgan fingerprint density at radius 3 is 2.72 bits per heavy atom. The molecule has 192 valence electrons. The van der Waals surface area contributed by atoms with Gasteiger partial charge in [-0.25, -0.2) is 9.37 Å². The monoisotopic (exact) mass is 517 g/mol. The van der Waals surface area contributed by atoms with Gasteiger partial charge in [-0.3, -0.25) is 19.9 Å². The number of nitrogens with one attached hydrogen (secondary N) is 3. The minimum atomic E-state index is -0.327. The number of halogens is 1. The van der Waals surface area contributed by atoms with Crippen LogP contribution in [0.4, 0.5) is 10.1 Å². The van der Waals surface area contributed by atoms with Gasteiger partial charge in [-0.1, -0.05) is 25.0 Å². The van der Waals surface area contributed by atoms with Gasteiger partial charge in [-0.2, -0.15) is 5.10 Å². The van der Waals surface area contributed by atoms with Crippen molar-refractivity contribution < 1.29 is 9.18 Å². The van der Waals surface area contributed by atoms with Gasteiger partial charge >= 0.3 is 0 Å². The second kappa shape index (κ2) is 9.43. The maximum Gasteiger partial charge on any atom is 0.227 e. The third-order valence-electron chi connectivity index (χ3n) is 7.37. The lowest BCUT2D eigenvalue weighted by atomic mass is 10.1. The van der Waals surface area contributed by atoms with Crippen LogP contribution in [-0.4, -0.2) is 36.0 Å². The van der Waals surface area contributed by atoms with E-state index in [1.165, 1.54) is 6.07 Å². The van der Waals surface area contributed by atoms with Crippen LogP contribution in [0.15, 0.2) is 73.2 Å². The van der Waals surface area contributed by atoms with Crippen LogP contribution in [0.1, 0.15) is 25.7 Å². The summed E-state index contributed by atoms with van der Waals surface area (Å²) in [6.07, 6.45) is 9.13. The highest BCUT2D eigenvalue weighted by molar-refractivity contribution is 5.99. The highest BCUT2D eigenvalue weighted by Gasteiger charge is 2.23. The van der Waals surface area contributed by atoms with Crippen molar-refractivity contribution in [3.05, 3.63) is 79.0 Å². The highest BCUT2D eigenvalue weighted by Crippen LogP contribution is 2.34. The Kier molecular flexibility index (Phi) is 5.61. The van der Waals surface area contributed by atoms with Gasteiger partial charge in [0.25, 0.3) is 0 Å². The number of carbonyl (C=O) groups is 1. The van der Waals surface area contributed by atoms with Gasteiger partial charge in [-0.05, 0) is 55.3 Å². The molecule has 0 aliphatic heterocycles. The molecule has 5 heterocycles. The van der Waals surface area contributed by atoms with Crippen LogP contribution in [0.25, 0.3) is 55.8 Å². The van der Waals surface area contributed by atoms with Crippen molar-refractivity contribution >= 4 is 33.5 Å². The molecule has 1 aliphatic rings. The fraction of sp³-hybridized carbons (Fsp3) is 0.167. The maximum absolute atomic E-state index is 14.6. The lowest BCUT2D eigenvalue weighted by molar-refractivity contribution is -0.119. The van der Waals surface area contributed by atoms with Crippen molar-refractivity contribution in [2.24, 2.45) is 5.92 Å². The number of fused-ring (bicyclic) bond motifs is 2. The van der Waals surface area contributed by atoms with Gasteiger partial charge in [0.05, 0.1) is 34.5 Å². The summed E-state index contributed by atoms with van der Waals surface area (Å²) >= 11 is 0. The molecular weight excluding hydrogens is 493 g/mol. The molecule has 1 fully saturated rings. The number of amides is 1. The van der Waals surface area contributed by atoms with Gasteiger partial charge in [0.15, 0.2) is 0 Å². The molecule has 0 spiro atoms. The van der Waals surface area contributed by atoms with E-state index in [-0.39, 0.29) is 17.6 Å². The average Bonchev–Trinajstić information content (AvgIpc) is 3.73. The predicted octanol–water partition coefficient (Wildman–Crippen LogP) is 6.50. The van der Waals surface area contributed by atoms with Crippen molar-refractivity contribution in [1.82, 2.24) is 30.1 Å². The first-order chi connectivity index (χ1) is 19.1. The first-order valence-corrected chi connectivity index (χ1v) is 13.0. The number of anilines is 1. The van der Waals surface area contributed by atoms with E-state index in [0.717, 1.165) is 53.4 Å². The molecule has 8 nitrogen and oxygen atoms in total. The molecule has 1 aromatic carbocycles. The number of rotatable bonds is 5. The summed E-state index contributed by atoms with van der Waals surface area (Å²) in [5.74, 6) is -0.205. The summed E-state index contributed by atoms with van der Waals surface area (Å²) in [4.78, 5) is 29.7. The molecule has 1 aliphatic carbocycles. The van der Waals surface area contributed by atoms with Crippen molar-refractivity contribution in [3.8, 4) is 33.9 Å². The topological polar surface area (TPSA) is 112 Å². The molecule has 6 aromatic rings. The number of nitrogens with zero attached hydrogens (tertiary/aromatic N) is 4. The van der Waals surface area contributed by atoms with Crippen LogP contribution in [-0.2, 0) is 4.79 Å². The lowest BCUT2D eigenvalue weighted by Crippen LogP contribution is -2.20. The number of benzene rings is 1. The predicted molar refractivity (Wildman–Crippen MR) is 148 cm³/mol. The summed E-state index contributed by atoms with van der Waals surface area (Å²) in [5.41, 5.74) is 6.80. The number of aromatic amines is 2. The summed E-state index contributed by atoms with van der Waals surface area (Å²) in [6.45, 7) is 0. The Morgan fingerprint density at radius 2 is 1.85 bits per heavy atom. The van der Waals surface area contributed by atoms with E-state index in [9.17, 15) is 9.18 Å². The first-order valence-electron chi connectivity index (χ1n) is 13.0. The Hall–Kier alpha value is -4.92. The Labute approximate surface area is 222 Å². The molecule has 0 unspecified atom stereocenters. The fourth-order valence-corrected chi connectivity index (χ4v) is 5.38. The normalized spacial score (nSPS) is 13.9. The van der Waals surface area contributed by atoms with Gasteiger partial charge in [0.1, 0.15) is 17.0 Å². The first kappa shape index (κ1) is 23.2. The molecule has 7 rings (SSSR count). The van der Waals surface area contributed by atoms with Crippen molar-refractivity contribution in [2.75, 3.05) is 5.32 Å². The van der Waals surface area contributed by atoms with E-state index in [2.05, 4.69) is 30.5 Å². The molecule has 9 heteroatoms. The summed E-state index contributed by atoms with van der Waals surface area (Å²) in [5, 5.41) is 11.4. The summed E-state index contributed by atoms with van der Waals surface area (Å²) < 4.78 is 14.6. The SMILES string of the molecule is O=C(Nc1cncc(-c2ccc3[nH]nc(-c4cc5c(-c6ccccc6F)nccc5[nH]4)c3n2)c1)C1CCCC1. The number of hydrogen-bond acceptors (Lipinski definition) is 5. The Morgan fingerprint density at radius 1 is 0.974 bits per heavy atom. The average molecular weight is 518 g/mol. The zero-order chi connectivity index (χ0) is 26.3. The highest BCUT2D eigenvalue weighted by atomic mass is 19.1. The van der Waals surface area contributed by atoms with E-state index >= 15 is 0 Å². The number of hydrogen-bond donors (Lipinski definition) is 3.